The Kier molecular flexibility index (Phi) is 20.1. The van der Waals surface area contributed by atoms with Gasteiger partial charge in [-0.05, 0) is 49.4 Å². The molecule has 0 aliphatic carbocycles. The van der Waals surface area contributed by atoms with Crippen LogP contribution in [0.3, 0.4) is 0 Å². The van der Waals surface area contributed by atoms with Crippen LogP contribution in [-0.2, 0) is 4.74 Å². The van der Waals surface area contributed by atoms with Crippen molar-refractivity contribution in [3.63, 3.8) is 0 Å². The van der Waals surface area contributed by atoms with E-state index in [1.54, 1.807) is 6.20 Å². The van der Waals surface area contributed by atoms with Crippen molar-refractivity contribution in [2.45, 2.75) is 80.6 Å². The molecule has 0 heterocycles. The Morgan fingerprint density at radius 2 is 1.61 bits per heavy atom. The maximum Gasteiger partial charge on any atom is 0.126 e. The van der Waals surface area contributed by atoms with Crippen LogP contribution in [0.5, 0.6) is 5.75 Å². The molecule has 1 aromatic carbocycles. The second-order valence-corrected chi connectivity index (χ2v) is 9.33. The van der Waals surface area contributed by atoms with Gasteiger partial charge in [0.25, 0.3) is 0 Å². The van der Waals surface area contributed by atoms with Gasteiger partial charge in [0.15, 0.2) is 0 Å². The highest BCUT2D eigenvalue weighted by atomic mass is 16.5. The topological polar surface area (TPSA) is 30.5 Å². The molecule has 3 heteroatoms. The van der Waals surface area contributed by atoms with Gasteiger partial charge in [-0.15, -0.1) is 13.2 Å². The molecule has 0 aliphatic rings. The fourth-order valence-electron chi connectivity index (χ4n) is 3.10. The van der Waals surface area contributed by atoms with Crippen LogP contribution < -0.4 is 10.1 Å². The molecule has 0 aliphatic heterocycles. The van der Waals surface area contributed by atoms with Crippen molar-refractivity contribution in [1.29, 1.82) is 0 Å². The Labute approximate surface area is 205 Å². The molecule has 0 saturated carbocycles. The van der Waals surface area contributed by atoms with Crippen molar-refractivity contribution in [2.24, 2.45) is 11.3 Å². The van der Waals surface area contributed by atoms with E-state index in [1.807, 2.05) is 25.3 Å². The zero-order valence-corrected chi connectivity index (χ0v) is 22.6. The van der Waals surface area contributed by atoms with Crippen LogP contribution in [0.2, 0.25) is 0 Å². The van der Waals surface area contributed by atoms with Gasteiger partial charge < -0.3 is 14.8 Å². The minimum Gasteiger partial charge on any atom is -0.498 e. The zero-order valence-electron chi connectivity index (χ0n) is 22.6. The molecule has 0 spiro atoms. The normalized spacial score (nSPS) is 10.8. The van der Waals surface area contributed by atoms with Crippen molar-refractivity contribution in [1.82, 2.24) is 5.32 Å². The van der Waals surface area contributed by atoms with E-state index < -0.39 is 0 Å². The third-order valence-electron chi connectivity index (χ3n) is 4.66. The smallest absolute Gasteiger partial charge is 0.126 e. The van der Waals surface area contributed by atoms with Gasteiger partial charge in [-0.1, -0.05) is 91.7 Å². The number of hydrogen-bond acceptors (Lipinski definition) is 3. The number of hydrogen-bond donors (Lipinski definition) is 1. The quantitative estimate of drug-likeness (QED) is 0.236. The van der Waals surface area contributed by atoms with Crippen molar-refractivity contribution < 1.29 is 9.47 Å². The summed E-state index contributed by atoms with van der Waals surface area (Å²) in [6, 6.07) is 8.23. The van der Waals surface area contributed by atoms with Crippen LogP contribution in [0.25, 0.3) is 5.57 Å². The lowest BCUT2D eigenvalue weighted by atomic mass is 9.95. The first-order valence-corrected chi connectivity index (χ1v) is 12.2. The second kappa shape index (κ2) is 20.2. The van der Waals surface area contributed by atoms with Crippen molar-refractivity contribution in [3.8, 4) is 5.75 Å². The number of rotatable bonds is 13. The fourth-order valence-corrected chi connectivity index (χ4v) is 3.10. The van der Waals surface area contributed by atoms with Crippen molar-refractivity contribution in [2.75, 3.05) is 13.2 Å². The molecule has 1 rings (SSSR count). The van der Waals surface area contributed by atoms with E-state index >= 15 is 0 Å². The third kappa shape index (κ3) is 18.8. The molecule has 0 bridgehead atoms. The van der Waals surface area contributed by atoms with Crippen LogP contribution in [0.15, 0.2) is 68.7 Å². The number of allylic oxidation sites excluding steroid dienone is 2. The summed E-state index contributed by atoms with van der Waals surface area (Å²) in [5.41, 5.74) is 2.53. The summed E-state index contributed by atoms with van der Waals surface area (Å²) in [5, 5.41) is 3.03. The van der Waals surface area contributed by atoms with Crippen molar-refractivity contribution in [3.05, 3.63) is 74.3 Å². The lowest BCUT2D eigenvalue weighted by Crippen LogP contribution is -2.13. The number of nitrogens with one attached hydrogen (secondary N) is 1. The summed E-state index contributed by atoms with van der Waals surface area (Å²) >= 11 is 0. The van der Waals surface area contributed by atoms with E-state index in [-0.39, 0.29) is 5.41 Å². The minimum absolute atomic E-state index is 0.249. The van der Waals surface area contributed by atoms with E-state index in [0.29, 0.717) is 0 Å². The highest BCUT2D eigenvalue weighted by Gasteiger charge is 2.10. The Morgan fingerprint density at radius 1 is 1.03 bits per heavy atom. The first kappa shape index (κ1) is 32.8. The molecular weight excluding hydrogens is 406 g/mol. The zero-order chi connectivity index (χ0) is 25.7. The van der Waals surface area contributed by atoms with Crippen molar-refractivity contribution >= 4 is 5.57 Å². The molecule has 0 saturated heterocycles. The molecule has 0 unspecified atom stereocenters. The lowest BCUT2D eigenvalue weighted by Gasteiger charge is -2.18. The fraction of sp³-hybridized carbons (Fsp3) is 0.533. The van der Waals surface area contributed by atoms with E-state index in [2.05, 4.69) is 85.3 Å². The highest BCUT2D eigenvalue weighted by molar-refractivity contribution is 5.68. The van der Waals surface area contributed by atoms with Gasteiger partial charge in [-0.25, -0.2) is 0 Å². The van der Waals surface area contributed by atoms with Crippen LogP contribution >= 0.6 is 0 Å². The Bertz CT molecular complexity index is 664. The highest BCUT2D eigenvalue weighted by Crippen LogP contribution is 2.26. The van der Waals surface area contributed by atoms with Crippen LogP contribution in [0, 0.1) is 11.3 Å². The van der Waals surface area contributed by atoms with Gasteiger partial charge in [-0.2, -0.15) is 0 Å². The second-order valence-electron chi connectivity index (χ2n) is 9.33. The standard InChI is InChI=1S/C20H31NO.C8H16O.C2H4/c1-5-10-18(11-6-2)14-15-22-20-13-9-8-12-19(20)17(4)16-21-7-3;1-7(2)9-6-8(3,4)5;1-2/h7-9,12-13,16,18,21H,3,5-6,10-11,14-15H2,1-2,4H3;1,6H2,2-5H3;1-2H2/b17-16+;;. The van der Waals surface area contributed by atoms with Gasteiger partial charge in [0.1, 0.15) is 5.75 Å². The molecule has 1 aromatic rings. The van der Waals surface area contributed by atoms with Gasteiger partial charge in [-0.3, -0.25) is 0 Å². The number of benzene rings is 1. The van der Waals surface area contributed by atoms with Gasteiger partial charge in [0, 0.05) is 11.8 Å². The van der Waals surface area contributed by atoms with Crippen LogP contribution in [-0.4, -0.2) is 13.2 Å². The molecule has 188 valence electrons. The molecule has 0 radical (unpaired) electrons. The van der Waals surface area contributed by atoms with Crippen LogP contribution in [0.4, 0.5) is 0 Å². The minimum atomic E-state index is 0.249. The Balaban J connectivity index is 0. The van der Waals surface area contributed by atoms with E-state index in [1.165, 1.54) is 25.7 Å². The summed E-state index contributed by atoms with van der Waals surface area (Å²) < 4.78 is 11.3. The van der Waals surface area contributed by atoms with E-state index in [4.69, 9.17) is 9.47 Å². The molecule has 0 fully saturated rings. The number of ether oxygens (including phenoxy) is 2. The molecule has 0 atom stereocenters. The monoisotopic (exact) mass is 457 g/mol. The average molecular weight is 458 g/mol. The largest absolute Gasteiger partial charge is 0.498 e. The van der Waals surface area contributed by atoms with E-state index in [0.717, 1.165) is 48.2 Å². The molecular formula is C30H51NO2. The molecule has 1 N–H and O–H groups in total. The van der Waals surface area contributed by atoms with Crippen LogP contribution in [0.1, 0.15) is 86.1 Å². The molecule has 33 heavy (non-hydrogen) atoms. The number of para-hydroxylation sites is 1. The Morgan fingerprint density at radius 3 is 2.06 bits per heavy atom. The first-order valence-electron chi connectivity index (χ1n) is 12.2. The summed E-state index contributed by atoms with van der Waals surface area (Å²) in [4.78, 5) is 0. The summed E-state index contributed by atoms with van der Waals surface area (Å²) in [6.07, 6.45) is 9.90. The maximum atomic E-state index is 6.07. The maximum absolute atomic E-state index is 6.07. The first-order chi connectivity index (χ1) is 15.6. The average Bonchev–Trinajstić information content (AvgIpc) is 2.78. The summed E-state index contributed by atoms with van der Waals surface area (Å²) in [6.45, 7) is 29.7. The third-order valence-corrected chi connectivity index (χ3v) is 4.66. The lowest BCUT2D eigenvalue weighted by molar-refractivity contribution is 0.129. The SMILES string of the molecule is C=C.C=C(C)OCC(C)(C)C.C=CN/C=C(\C)c1ccccc1OCCC(CCC)CCC. The summed E-state index contributed by atoms with van der Waals surface area (Å²) in [7, 11) is 0. The molecule has 3 nitrogen and oxygen atoms in total. The predicted molar refractivity (Wildman–Crippen MR) is 148 cm³/mol. The van der Waals surface area contributed by atoms with Gasteiger partial charge in [0.2, 0.25) is 0 Å². The summed E-state index contributed by atoms with van der Waals surface area (Å²) in [5.74, 6) is 2.56. The predicted octanol–water partition coefficient (Wildman–Crippen LogP) is 9.15. The van der Waals surface area contributed by atoms with Gasteiger partial charge in [0.05, 0.1) is 19.0 Å². The molecule has 0 amide bonds. The molecule has 0 aromatic heterocycles. The Hall–Kier alpha value is -2.42. The van der Waals surface area contributed by atoms with Gasteiger partial charge >= 0.3 is 0 Å². The van der Waals surface area contributed by atoms with E-state index in [9.17, 15) is 0 Å².